The Balaban J connectivity index is 2.10. The second-order valence-electron chi connectivity index (χ2n) is 8.94. The van der Waals surface area contributed by atoms with Gasteiger partial charge >= 0.3 is 0 Å². The molecule has 8 heteroatoms. The van der Waals surface area contributed by atoms with Crippen molar-refractivity contribution in [1.82, 2.24) is 0 Å². The average molecular weight is 462 g/mol. The summed E-state index contributed by atoms with van der Waals surface area (Å²) in [7, 11) is 0. The van der Waals surface area contributed by atoms with Gasteiger partial charge in [-0.05, 0) is 12.8 Å². The smallest absolute Gasteiger partial charge is 0.186 e. The zero-order valence-corrected chi connectivity index (χ0v) is 19.7. The van der Waals surface area contributed by atoms with Gasteiger partial charge in [-0.1, -0.05) is 83.3 Å². The topological polar surface area (TPSA) is 146 Å². The third kappa shape index (κ3) is 11.5. The van der Waals surface area contributed by atoms with Crippen molar-refractivity contribution in [3.8, 4) is 0 Å². The van der Waals surface area contributed by atoms with E-state index in [0.29, 0.717) is 0 Å². The van der Waals surface area contributed by atoms with Crippen molar-refractivity contribution in [2.24, 2.45) is 5.73 Å². The molecule has 0 bridgehead atoms. The lowest BCUT2D eigenvalue weighted by Gasteiger charge is -2.39. The van der Waals surface area contributed by atoms with Crippen LogP contribution in [0.25, 0.3) is 0 Å². The quantitative estimate of drug-likeness (QED) is 0.134. The van der Waals surface area contributed by atoms with E-state index in [1.165, 1.54) is 64.2 Å². The van der Waals surface area contributed by atoms with Crippen molar-refractivity contribution in [1.29, 1.82) is 0 Å². The summed E-state index contributed by atoms with van der Waals surface area (Å²) in [5.74, 6) is 0. The standard InChI is InChI=1S/C24H47NO7/c1-2-3-4-5-6-7-8-9-10-11-12-13-14-15-19(27)18(25)17-31-24-23(30)22(29)21(28)20(16-26)32-24/h14-15,18-24,26-30H,2-13,16-17,25H2,1H3/t18-,19+,20-,21+,22+,23-,24-/m1/s1. The second-order valence-corrected chi connectivity index (χ2v) is 8.94. The lowest BCUT2D eigenvalue weighted by molar-refractivity contribution is -0.302. The van der Waals surface area contributed by atoms with Crippen molar-refractivity contribution in [2.75, 3.05) is 13.2 Å². The fraction of sp³-hybridized carbons (Fsp3) is 0.917. The Bertz CT molecular complexity index is 477. The van der Waals surface area contributed by atoms with E-state index in [9.17, 15) is 25.5 Å². The minimum Gasteiger partial charge on any atom is -0.394 e. The SMILES string of the molecule is CCCCCCCCCCCCCC=C[C@H](O)[C@H](N)CO[C@@H]1O[C@H](CO)[C@H](O)[C@H](O)[C@H]1O. The molecule has 1 aliphatic heterocycles. The first-order valence-corrected chi connectivity index (χ1v) is 12.4. The number of rotatable bonds is 18. The monoisotopic (exact) mass is 461 g/mol. The first kappa shape index (κ1) is 29.5. The van der Waals surface area contributed by atoms with Gasteiger partial charge in [0.1, 0.15) is 24.4 Å². The highest BCUT2D eigenvalue weighted by Crippen LogP contribution is 2.22. The molecule has 0 aromatic rings. The van der Waals surface area contributed by atoms with Crippen molar-refractivity contribution < 1.29 is 35.0 Å². The van der Waals surface area contributed by atoms with Crippen molar-refractivity contribution >= 4 is 0 Å². The number of hydrogen-bond donors (Lipinski definition) is 6. The van der Waals surface area contributed by atoms with Crippen molar-refractivity contribution in [2.45, 2.75) is 127 Å². The molecule has 7 atom stereocenters. The van der Waals surface area contributed by atoms with Crippen LogP contribution in [0.2, 0.25) is 0 Å². The molecule has 190 valence electrons. The third-order valence-corrected chi connectivity index (χ3v) is 6.05. The van der Waals surface area contributed by atoms with E-state index in [1.807, 2.05) is 6.08 Å². The molecular weight excluding hydrogens is 414 g/mol. The molecule has 0 saturated carbocycles. The average Bonchev–Trinajstić information content (AvgIpc) is 2.79. The largest absolute Gasteiger partial charge is 0.394 e. The number of aliphatic hydroxyl groups excluding tert-OH is 5. The van der Waals surface area contributed by atoms with Gasteiger partial charge < -0.3 is 40.7 Å². The van der Waals surface area contributed by atoms with Crippen LogP contribution in [0.1, 0.15) is 84.0 Å². The van der Waals surface area contributed by atoms with E-state index in [-0.39, 0.29) is 6.61 Å². The number of hydrogen-bond acceptors (Lipinski definition) is 8. The summed E-state index contributed by atoms with van der Waals surface area (Å²) in [6.07, 6.45) is 11.1. The fourth-order valence-electron chi connectivity index (χ4n) is 3.81. The van der Waals surface area contributed by atoms with Gasteiger partial charge in [-0.2, -0.15) is 0 Å². The number of allylic oxidation sites excluding steroid dienone is 1. The molecule has 0 unspecified atom stereocenters. The number of unbranched alkanes of at least 4 members (excludes halogenated alkanes) is 11. The first-order valence-electron chi connectivity index (χ1n) is 12.4. The molecule has 0 aliphatic carbocycles. The molecule has 0 aromatic carbocycles. The van der Waals surface area contributed by atoms with Crippen LogP contribution in [-0.2, 0) is 9.47 Å². The van der Waals surface area contributed by atoms with Gasteiger partial charge in [0.25, 0.3) is 0 Å². The van der Waals surface area contributed by atoms with Crippen LogP contribution in [0, 0.1) is 0 Å². The lowest BCUT2D eigenvalue weighted by atomic mass is 9.99. The lowest BCUT2D eigenvalue weighted by Crippen LogP contribution is -2.59. The summed E-state index contributed by atoms with van der Waals surface area (Å²) in [6, 6.07) is -0.740. The van der Waals surface area contributed by atoms with Crippen LogP contribution in [-0.4, -0.2) is 81.6 Å². The summed E-state index contributed by atoms with van der Waals surface area (Å²) >= 11 is 0. The van der Waals surface area contributed by atoms with Crippen LogP contribution >= 0.6 is 0 Å². The molecule has 0 amide bonds. The van der Waals surface area contributed by atoms with Crippen LogP contribution in [0.5, 0.6) is 0 Å². The molecular formula is C24H47NO7. The fourth-order valence-corrected chi connectivity index (χ4v) is 3.81. The molecule has 1 rings (SSSR count). The Labute approximate surface area is 193 Å². The van der Waals surface area contributed by atoms with E-state index < -0.39 is 49.5 Å². The Morgan fingerprint density at radius 2 is 1.44 bits per heavy atom. The summed E-state index contributed by atoms with van der Waals surface area (Å²) in [5.41, 5.74) is 5.93. The van der Waals surface area contributed by atoms with Gasteiger partial charge in [0.05, 0.1) is 25.4 Å². The van der Waals surface area contributed by atoms with Crippen LogP contribution in [0.4, 0.5) is 0 Å². The van der Waals surface area contributed by atoms with E-state index in [2.05, 4.69) is 6.92 Å². The zero-order chi connectivity index (χ0) is 23.8. The molecule has 0 radical (unpaired) electrons. The number of nitrogens with two attached hydrogens (primary N) is 1. The number of ether oxygens (including phenoxy) is 2. The van der Waals surface area contributed by atoms with Crippen LogP contribution in [0.3, 0.4) is 0 Å². The van der Waals surface area contributed by atoms with Gasteiger partial charge in [-0.25, -0.2) is 0 Å². The minimum absolute atomic E-state index is 0.118. The van der Waals surface area contributed by atoms with Crippen LogP contribution < -0.4 is 5.73 Å². The highest BCUT2D eigenvalue weighted by molar-refractivity contribution is 4.94. The highest BCUT2D eigenvalue weighted by Gasteiger charge is 2.44. The van der Waals surface area contributed by atoms with E-state index in [4.69, 9.17) is 15.2 Å². The molecule has 0 spiro atoms. The Kier molecular flexibility index (Phi) is 16.4. The Morgan fingerprint density at radius 1 is 0.875 bits per heavy atom. The summed E-state index contributed by atoms with van der Waals surface area (Å²) < 4.78 is 10.6. The van der Waals surface area contributed by atoms with E-state index >= 15 is 0 Å². The molecule has 7 N–H and O–H groups in total. The maximum absolute atomic E-state index is 10.2. The number of aliphatic hydroxyl groups is 5. The molecule has 1 saturated heterocycles. The highest BCUT2D eigenvalue weighted by atomic mass is 16.7. The van der Waals surface area contributed by atoms with Gasteiger partial charge in [0.15, 0.2) is 6.29 Å². The predicted molar refractivity (Wildman–Crippen MR) is 124 cm³/mol. The minimum atomic E-state index is -1.50. The Hall–Kier alpha value is -0.580. The van der Waals surface area contributed by atoms with Gasteiger partial charge in [-0.3, -0.25) is 0 Å². The van der Waals surface area contributed by atoms with Crippen molar-refractivity contribution in [3.63, 3.8) is 0 Å². The second kappa shape index (κ2) is 17.8. The molecule has 32 heavy (non-hydrogen) atoms. The maximum atomic E-state index is 10.2. The predicted octanol–water partition coefficient (Wildman–Crippen LogP) is 1.75. The summed E-state index contributed by atoms with van der Waals surface area (Å²) in [4.78, 5) is 0. The summed E-state index contributed by atoms with van der Waals surface area (Å²) in [6.45, 7) is 1.60. The molecule has 1 fully saturated rings. The van der Waals surface area contributed by atoms with Gasteiger partial charge in [0, 0.05) is 0 Å². The van der Waals surface area contributed by atoms with Gasteiger partial charge in [0.2, 0.25) is 0 Å². The van der Waals surface area contributed by atoms with Crippen LogP contribution in [0.15, 0.2) is 12.2 Å². The van der Waals surface area contributed by atoms with Gasteiger partial charge in [-0.15, -0.1) is 0 Å². The first-order chi connectivity index (χ1) is 15.4. The van der Waals surface area contributed by atoms with Crippen molar-refractivity contribution in [3.05, 3.63) is 12.2 Å². The maximum Gasteiger partial charge on any atom is 0.186 e. The molecule has 1 heterocycles. The zero-order valence-electron chi connectivity index (χ0n) is 19.7. The molecule has 1 aliphatic rings. The Morgan fingerprint density at radius 3 is 2.00 bits per heavy atom. The molecule has 0 aromatic heterocycles. The van der Waals surface area contributed by atoms with E-state index in [1.54, 1.807) is 6.08 Å². The van der Waals surface area contributed by atoms with E-state index in [0.717, 1.165) is 12.8 Å². The summed E-state index contributed by atoms with van der Waals surface area (Å²) in [5, 5.41) is 48.8. The third-order valence-electron chi connectivity index (χ3n) is 6.05. The normalized spacial score (nSPS) is 28.3. The molecule has 8 nitrogen and oxygen atoms in total.